The van der Waals surface area contributed by atoms with Crippen LogP contribution in [0, 0.1) is 11.3 Å². The lowest BCUT2D eigenvalue weighted by Gasteiger charge is -2.03. The van der Waals surface area contributed by atoms with E-state index in [1.807, 2.05) is 19.1 Å². The molecule has 16 heavy (non-hydrogen) atoms. The Hall–Kier alpha value is -2.34. The lowest BCUT2D eigenvalue weighted by molar-refractivity contribution is -0.111. The molecule has 1 aromatic carbocycles. The highest BCUT2D eigenvalue weighted by Gasteiger charge is 2.02. The van der Waals surface area contributed by atoms with Gasteiger partial charge in [-0.15, -0.1) is 0 Å². The third kappa shape index (κ3) is 3.43. The zero-order chi connectivity index (χ0) is 11.8. The van der Waals surface area contributed by atoms with Gasteiger partial charge in [0.1, 0.15) is 6.07 Å². The molecule has 0 spiro atoms. The van der Waals surface area contributed by atoms with E-state index in [1.54, 1.807) is 36.4 Å². The molecule has 0 heterocycles. The van der Waals surface area contributed by atoms with Gasteiger partial charge in [-0.2, -0.15) is 5.26 Å². The average Bonchev–Trinajstić information content (AvgIpc) is 2.30. The molecule has 0 bridgehead atoms. The second-order valence-corrected chi connectivity index (χ2v) is 3.03. The van der Waals surface area contributed by atoms with E-state index in [-0.39, 0.29) is 5.91 Å². The van der Waals surface area contributed by atoms with E-state index < -0.39 is 0 Å². The minimum atomic E-state index is -0.249. The van der Waals surface area contributed by atoms with Crippen molar-refractivity contribution in [2.75, 3.05) is 5.32 Å². The number of carbonyl (C=O) groups is 1. The Morgan fingerprint density at radius 3 is 2.81 bits per heavy atom. The molecule has 0 fully saturated rings. The summed E-state index contributed by atoms with van der Waals surface area (Å²) in [5, 5.41) is 11.5. The number of nitrogens with zero attached hydrogens (tertiary/aromatic N) is 1. The molecule has 0 atom stereocenters. The molecule has 3 nitrogen and oxygen atoms in total. The van der Waals surface area contributed by atoms with Crippen molar-refractivity contribution in [3.8, 4) is 6.07 Å². The predicted molar refractivity (Wildman–Crippen MR) is 63.7 cm³/mol. The molecule has 1 N–H and O–H groups in total. The normalized spacial score (nSPS) is 10.5. The van der Waals surface area contributed by atoms with Crippen LogP contribution in [0.5, 0.6) is 0 Å². The lowest BCUT2D eigenvalue weighted by atomic mass is 10.2. The van der Waals surface area contributed by atoms with Crippen molar-refractivity contribution >= 4 is 11.6 Å². The maximum Gasteiger partial charge on any atom is 0.248 e. The summed E-state index contributed by atoms with van der Waals surface area (Å²) < 4.78 is 0. The Morgan fingerprint density at radius 2 is 2.12 bits per heavy atom. The SMILES string of the molecule is C/C=C/C=CC(=O)Nc1ccccc1C#N. The molecular formula is C13H12N2O. The van der Waals surface area contributed by atoms with Crippen molar-refractivity contribution < 1.29 is 4.79 Å². The highest BCUT2D eigenvalue weighted by Crippen LogP contribution is 2.13. The maximum atomic E-state index is 11.4. The van der Waals surface area contributed by atoms with E-state index in [1.165, 1.54) is 6.08 Å². The number of anilines is 1. The molecule has 1 rings (SSSR count). The molecule has 1 amide bonds. The van der Waals surface area contributed by atoms with Gasteiger partial charge in [-0.25, -0.2) is 0 Å². The molecule has 0 saturated heterocycles. The number of hydrogen-bond acceptors (Lipinski definition) is 2. The van der Waals surface area contributed by atoms with E-state index in [0.717, 1.165) is 0 Å². The van der Waals surface area contributed by atoms with Gasteiger partial charge in [0.25, 0.3) is 0 Å². The van der Waals surface area contributed by atoms with Crippen LogP contribution in [0.4, 0.5) is 5.69 Å². The molecule has 0 radical (unpaired) electrons. The van der Waals surface area contributed by atoms with Crippen LogP contribution in [0.25, 0.3) is 0 Å². The quantitative estimate of drug-likeness (QED) is 0.618. The molecule has 0 aromatic heterocycles. The van der Waals surface area contributed by atoms with Crippen LogP contribution in [0.15, 0.2) is 48.6 Å². The van der Waals surface area contributed by atoms with Gasteiger partial charge in [0.2, 0.25) is 5.91 Å². The van der Waals surface area contributed by atoms with Gasteiger partial charge in [-0.1, -0.05) is 30.4 Å². The van der Waals surface area contributed by atoms with Crippen molar-refractivity contribution in [1.82, 2.24) is 0 Å². The van der Waals surface area contributed by atoms with Gasteiger partial charge in [0, 0.05) is 6.08 Å². The molecule has 3 heteroatoms. The van der Waals surface area contributed by atoms with Gasteiger partial charge >= 0.3 is 0 Å². The first kappa shape index (κ1) is 11.7. The molecule has 0 unspecified atom stereocenters. The van der Waals surface area contributed by atoms with E-state index in [4.69, 9.17) is 5.26 Å². The zero-order valence-electron chi connectivity index (χ0n) is 8.97. The Labute approximate surface area is 94.7 Å². The summed E-state index contributed by atoms with van der Waals surface area (Å²) in [4.78, 5) is 11.4. The minimum Gasteiger partial charge on any atom is -0.321 e. The largest absolute Gasteiger partial charge is 0.321 e. The average molecular weight is 212 g/mol. The number of para-hydroxylation sites is 1. The summed E-state index contributed by atoms with van der Waals surface area (Å²) in [6.45, 7) is 1.87. The fraction of sp³-hybridized carbons (Fsp3) is 0.0769. The molecule has 0 aliphatic carbocycles. The van der Waals surface area contributed by atoms with Crippen LogP contribution in [-0.2, 0) is 4.79 Å². The monoisotopic (exact) mass is 212 g/mol. The number of benzene rings is 1. The first-order valence-corrected chi connectivity index (χ1v) is 4.87. The molecule has 0 saturated carbocycles. The lowest BCUT2D eigenvalue weighted by Crippen LogP contribution is -2.08. The predicted octanol–water partition coefficient (Wildman–Crippen LogP) is 2.63. The molecule has 1 aromatic rings. The summed E-state index contributed by atoms with van der Waals surface area (Å²) >= 11 is 0. The van der Waals surface area contributed by atoms with Crippen LogP contribution >= 0.6 is 0 Å². The second kappa shape index (κ2) is 6.20. The first-order valence-electron chi connectivity index (χ1n) is 4.87. The maximum absolute atomic E-state index is 11.4. The number of allylic oxidation sites excluding steroid dienone is 3. The van der Waals surface area contributed by atoms with Gasteiger partial charge < -0.3 is 5.32 Å². The number of nitrogens with one attached hydrogen (secondary N) is 1. The number of nitriles is 1. The smallest absolute Gasteiger partial charge is 0.248 e. The fourth-order valence-corrected chi connectivity index (χ4v) is 1.12. The second-order valence-electron chi connectivity index (χ2n) is 3.03. The van der Waals surface area contributed by atoms with Crippen molar-refractivity contribution in [3.05, 3.63) is 54.1 Å². The Kier molecular flexibility index (Phi) is 4.55. The first-order chi connectivity index (χ1) is 7.77. The summed E-state index contributed by atoms with van der Waals surface area (Å²) in [5.74, 6) is -0.249. The zero-order valence-corrected chi connectivity index (χ0v) is 8.97. The van der Waals surface area contributed by atoms with Gasteiger partial charge in [-0.3, -0.25) is 4.79 Å². The van der Waals surface area contributed by atoms with E-state index in [0.29, 0.717) is 11.3 Å². The number of amides is 1. The van der Waals surface area contributed by atoms with Crippen LogP contribution < -0.4 is 5.32 Å². The van der Waals surface area contributed by atoms with Crippen molar-refractivity contribution in [2.45, 2.75) is 6.92 Å². The van der Waals surface area contributed by atoms with Crippen molar-refractivity contribution in [2.24, 2.45) is 0 Å². The summed E-state index contributed by atoms with van der Waals surface area (Å²) in [6, 6.07) is 8.89. The fourth-order valence-electron chi connectivity index (χ4n) is 1.12. The van der Waals surface area contributed by atoms with Gasteiger partial charge in [0.05, 0.1) is 11.3 Å². The summed E-state index contributed by atoms with van der Waals surface area (Å²) in [5.41, 5.74) is 0.982. The summed E-state index contributed by atoms with van der Waals surface area (Å²) in [6.07, 6.45) is 6.64. The van der Waals surface area contributed by atoms with Crippen molar-refractivity contribution in [1.29, 1.82) is 5.26 Å². The number of hydrogen-bond donors (Lipinski definition) is 1. The third-order valence-electron chi connectivity index (χ3n) is 1.86. The highest BCUT2D eigenvalue weighted by atomic mass is 16.1. The molecule has 0 aliphatic rings. The van der Waals surface area contributed by atoms with Gasteiger partial charge in [0.15, 0.2) is 0 Å². The molecule has 0 aliphatic heterocycles. The third-order valence-corrected chi connectivity index (χ3v) is 1.86. The molecule has 80 valence electrons. The van der Waals surface area contributed by atoms with Gasteiger partial charge in [-0.05, 0) is 19.1 Å². The summed E-state index contributed by atoms with van der Waals surface area (Å²) in [7, 11) is 0. The van der Waals surface area contributed by atoms with E-state index >= 15 is 0 Å². The minimum absolute atomic E-state index is 0.249. The topological polar surface area (TPSA) is 52.9 Å². The van der Waals surface area contributed by atoms with Crippen LogP contribution in [-0.4, -0.2) is 5.91 Å². The van der Waals surface area contributed by atoms with Crippen LogP contribution in [0.1, 0.15) is 12.5 Å². The Bertz CT molecular complexity index is 467. The van der Waals surface area contributed by atoms with Crippen molar-refractivity contribution in [3.63, 3.8) is 0 Å². The van der Waals surface area contributed by atoms with E-state index in [9.17, 15) is 4.79 Å². The van der Waals surface area contributed by atoms with Crippen LogP contribution in [0.2, 0.25) is 0 Å². The van der Waals surface area contributed by atoms with E-state index in [2.05, 4.69) is 5.32 Å². The Balaban J connectivity index is 2.74. The standard InChI is InChI=1S/C13H12N2O/c1-2-3-4-9-13(16)15-12-8-6-5-7-11(12)10-14/h2-9H,1H3,(H,15,16)/b3-2+,9-4?. The van der Waals surface area contributed by atoms with Crippen LogP contribution in [0.3, 0.4) is 0 Å². The Morgan fingerprint density at radius 1 is 1.38 bits per heavy atom. The number of carbonyl (C=O) groups excluding carboxylic acids is 1. The highest BCUT2D eigenvalue weighted by molar-refractivity contribution is 6.00. The number of rotatable bonds is 3. The molecular weight excluding hydrogens is 200 g/mol.